The van der Waals surface area contributed by atoms with E-state index in [1.54, 1.807) is 7.11 Å². The second-order valence-corrected chi connectivity index (χ2v) is 6.62. The average Bonchev–Trinajstić information content (AvgIpc) is 2.98. The molecular formula is C18H22FN3O3. The lowest BCUT2D eigenvalue weighted by Crippen LogP contribution is -2.45. The number of nitrogens with one attached hydrogen (secondary N) is 2. The van der Waals surface area contributed by atoms with Crippen molar-refractivity contribution < 1.29 is 13.9 Å². The summed E-state index contributed by atoms with van der Waals surface area (Å²) in [5.74, 6) is -0.997. The van der Waals surface area contributed by atoms with Crippen LogP contribution in [-0.2, 0) is 4.74 Å². The molecule has 0 bridgehead atoms. The number of methoxy groups -OCH3 is 1. The zero-order valence-electron chi connectivity index (χ0n) is 14.5. The molecule has 1 aromatic carbocycles. The minimum Gasteiger partial charge on any atom is -0.378 e. The van der Waals surface area contributed by atoms with E-state index in [4.69, 9.17) is 4.74 Å². The van der Waals surface area contributed by atoms with E-state index in [9.17, 15) is 14.0 Å². The molecule has 1 saturated heterocycles. The van der Waals surface area contributed by atoms with Crippen LogP contribution in [0.2, 0.25) is 0 Å². The van der Waals surface area contributed by atoms with Crippen molar-refractivity contribution in [1.82, 2.24) is 15.2 Å². The first kappa shape index (κ1) is 17.6. The molecule has 25 heavy (non-hydrogen) atoms. The van der Waals surface area contributed by atoms with Crippen molar-refractivity contribution in [3.8, 4) is 0 Å². The molecule has 0 unspecified atom stereocenters. The lowest BCUT2D eigenvalue weighted by Gasteiger charge is -2.20. The Balaban J connectivity index is 1.85. The maximum Gasteiger partial charge on any atom is 0.257 e. The normalized spacial score (nSPS) is 21.2. The third-order valence-electron chi connectivity index (χ3n) is 4.73. The molecule has 1 aliphatic rings. The highest BCUT2D eigenvalue weighted by molar-refractivity contribution is 5.97. The van der Waals surface area contributed by atoms with Gasteiger partial charge < -0.3 is 15.0 Å². The number of rotatable bonds is 4. The number of pyridine rings is 1. The van der Waals surface area contributed by atoms with E-state index in [0.717, 1.165) is 12.6 Å². The van der Waals surface area contributed by atoms with Crippen molar-refractivity contribution >= 4 is 16.8 Å². The Morgan fingerprint density at radius 3 is 2.84 bits per heavy atom. The van der Waals surface area contributed by atoms with Crippen LogP contribution in [0, 0.1) is 5.82 Å². The Morgan fingerprint density at radius 2 is 2.16 bits per heavy atom. The molecule has 7 heteroatoms. The molecule has 2 aromatic rings. The predicted molar refractivity (Wildman–Crippen MR) is 93.3 cm³/mol. The third-order valence-corrected chi connectivity index (χ3v) is 4.73. The van der Waals surface area contributed by atoms with Crippen LogP contribution in [0.5, 0.6) is 0 Å². The number of likely N-dealkylation sites (tertiary alicyclic amines) is 1. The monoisotopic (exact) mass is 347 g/mol. The highest BCUT2D eigenvalue weighted by Gasteiger charge is 2.35. The van der Waals surface area contributed by atoms with Crippen LogP contribution in [0.25, 0.3) is 10.9 Å². The fourth-order valence-electron chi connectivity index (χ4n) is 3.21. The van der Waals surface area contributed by atoms with Crippen LogP contribution in [0.1, 0.15) is 24.2 Å². The van der Waals surface area contributed by atoms with E-state index in [1.807, 2.05) is 0 Å². The van der Waals surface area contributed by atoms with Crippen molar-refractivity contribution in [3.63, 3.8) is 0 Å². The van der Waals surface area contributed by atoms with Gasteiger partial charge in [-0.15, -0.1) is 0 Å². The van der Waals surface area contributed by atoms with Gasteiger partial charge in [-0.1, -0.05) is 0 Å². The molecule has 134 valence electrons. The molecule has 0 spiro atoms. The van der Waals surface area contributed by atoms with E-state index in [-0.39, 0.29) is 23.1 Å². The SMILES string of the molecule is CO[C@@H]1CN(C(C)C)C[C@H]1NC(=O)c1c[nH]c2ccc(F)cc2c1=O. The first-order chi connectivity index (χ1) is 11.9. The molecule has 1 amide bonds. The number of ether oxygens (including phenoxy) is 1. The second kappa shape index (κ2) is 6.93. The summed E-state index contributed by atoms with van der Waals surface area (Å²) in [6, 6.07) is 4.01. The molecular weight excluding hydrogens is 325 g/mol. The average molecular weight is 347 g/mol. The number of hydrogen-bond donors (Lipinski definition) is 2. The summed E-state index contributed by atoms with van der Waals surface area (Å²) in [4.78, 5) is 30.2. The topological polar surface area (TPSA) is 74.4 Å². The molecule has 1 aromatic heterocycles. The molecule has 1 fully saturated rings. The number of aromatic nitrogens is 1. The van der Waals surface area contributed by atoms with Crippen LogP contribution in [0.4, 0.5) is 4.39 Å². The Morgan fingerprint density at radius 1 is 1.40 bits per heavy atom. The first-order valence-electron chi connectivity index (χ1n) is 8.29. The number of halogens is 1. The summed E-state index contributed by atoms with van der Waals surface area (Å²) in [5, 5.41) is 3.04. The van der Waals surface area contributed by atoms with Crippen molar-refractivity contribution in [2.45, 2.75) is 32.0 Å². The summed E-state index contributed by atoms with van der Waals surface area (Å²) in [7, 11) is 1.61. The summed E-state index contributed by atoms with van der Waals surface area (Å²) in [6.07, 6.45) is 1.23. The zero-order chi connectivity index (χ0) is 18.1. The van der Waals surface area contributed by atoms with E-state index < -0.39 is 17.2 Å². The summed E-state index contributed by atoms with van der Waals surface area (Å²) in [6.45, 7) is 5.54. The number of carbonyl (C=O) groups excluding carboxylic acids is 1. The lowest BCUT2D eigenvalue weighted by molar-refractivity contribution is 0.0752. The maximum atomic E-state index is 13.4. The van der Waals surface area contributed by atoms with Crippen molar-refractivity contribution in [3.05, 3.63) is 46.0 Å². The predicted octanol–water partition coefficient (Wildman–Crippen LogP) is 1.50. The molecule has 2 N–H and O–H groups in total. The van der Waals surface area contributed by atoms with Crippen LogP contribution in [0.3, 0.4) is 0 Å². The van der Waals surface area contributed by atoms with E-state index in [0.29, 0.717) is 18.1 Å². The van der Waals surface area contributed by atoms with Gasteiger partial charge in [-0.2, -0.15) is 0 Å². The molecule has 6 nitrogen and oxygen atoms in total. The number of H-pyrrole nitrogens is 1. The minimum absolute atomic E-state index is 0.0315. The molecule has 1 aliphatic heterocycles. The summed E-state index contributed by atoms with van der Waals surface area (Å²) >= 11 is 0. The number of amides is 1. The summed E-state index contributed by atoms with van der Waals surface area (Å²) < 4.78 is 18.9. The van der Waals surface area contributed by atoms with Gasteiger partial charge in [0.2, 0.25) is 5.43 Å². The number of aromatic amines is 1. The largest absolute Gasteiger partial charge is 0.378 e. The van der Waals surface area contributed by atoms with Crippen LogP contribution < -0.4 is 10.7 Å². The van der Waals surface area contributed by atoms with E-state index in [1.165, 1.54) is 18.3 Å². The number of carbonyl (C=O) groups is 1. The van der Waals surface area contributed by atoms with Gasteiger partial charge in [0.05, 0.1) is 12.1 Å². The molecule has 0 radical (unpaired) electrons. The fraction of sp³-hybridized carbons (Fsp3) is 0.444. The lowest BCUT2D eigenvalue weighted by atomic mass is 10.1. The Kier molecular flexibility index (Phi) is 4.87. The van der Waals surface area contributed by atoms with Gasteiger partial charge in [-0.25, -0.2) is 4.39 Å². The third kappa shape index (κ3) is 3.43. The van der Waals surface area contributed by atoms with Crippen LogP contribution in [0.15, 0.2) is 29.2 Å². The number of nitrogens with zero attached hydrogens (tertiary/aromatic N) is 1. The van der Waals surface area contributed by atoms with E-state index in [2.05, 4.69) is 29.0 Å². The number of benzene rings is 1. The molecule has 2 heterocycles. The summed E-state index contributed by atoms with van der Waals surface area (Å²) in [5.41, 5.74) is -0.0288. The van der Waals surface area contributed by atoms with Crippen molar-refractivity contribution in [2.24, 2.45) is 0 Å². The second-order valence-electron chi connectivity index (χ2n) is 6.62. The van der Waals surface area contributed by atoms with Gasteiger partial charge in [0.25, 0.3) is 5.91 Å². The van der Waals surface area contributed by atoms with Gasteiger partial charge in [0, 0.05) is 43.3 Å². The van der Waals surface area contributed by atoms with Crippen molar-refractivity contribution in [1.29, 1.82) is 0 Å². The minimum atomic E-state index is -0.515. The quantitative estimate of drug-likeness (QED) is 0.879. The highest BCUT2D eigenvalue weighted by Crippen LogP contribution is 2.16. The first-order valence-corrected chi connectivity index (χ1v) is 8.29. The number of fused-ring (bicyclic) bond motifs is 1. The van der Waals surface area contributed by atoms with Crippen LogP contribution in [-0.4, -0.2) is 54.2 Å². The van der Waals surface area contributed by atoms with Gasteiger partial charge in [0.15, 0.2) is 0 Å². The fourth-order valence-corrected chi connectivity index (χ4v) is 3.21. The number of hydrogen-bond acceptors (Lipinski definition) is 4. The Labute approximate surface area is 145 Å². The molecule has 0 saturated carbocycles. The Bertz CT molecular complexity index is 849. The standard InChI is InChI=1S/C18H22FN3O3/c1-10(2)22-8-15(16(9-22)25-3)21-18(24)13-7-20-14-5-4-11(19)6-12(14)17(13)23/h4-7,10,15-16H,8-9H2,1-3H3,(H,20,23)(H,21,24)/t15-,16-/m1/s1. The zero-order valence-corrected chi connectivity index (χ0v) is 14.5. The highest BCUT2D eigenvalue weighted by atomic mass is 19.1. The van der Waals surface area contributed by atoms with Gasteiger partial charge in [0.1, 0.15) is 11.4 Å². The Hall–Kier alpha value is -2.25. The van der Waals surface area contributed by atoms with Gasteiger partial charge in [-0.3, -0.25) is 14.5 Å². The van der Waals surface area contributed by atoms with E-state index >= 15 is 0 Å². The maximum absolute atomic E-state index is 13.4. The van der Waals surface area contributed by atoms with Gasteiger partial charge in [-0.05, 0) is 32.0 Å². The smallest absolute Gasteiger partial charge is 0.257 e. The van der Waals surface area contributed by atoms with Crippen molar-refractivity contribution in [2.75, 3.05) is 20.2 Å². The molecule has 2 atom stereocenters. The molecule has 0 aliphatic carbocycles. The molecule has 3 rings (SSSR count). The van der Waals surface area contributed by atoms with Crippen LogP contribution >= 0.6 is 0 Å². The van der Waals surface area contributed by atoms with Gasteiger partial charge >= 0.3 is 0 Å².